The lowest BCUT2D eigenvalue weighted by Crippen LogP contribution is -2.40. The van der Waals surface area contributed by atoms with E-state index in [9.17, 15) is 0 Å². The maximum absolute atomic E-state index is 5.88. The summed E-state index contributed by atoms with van der Waals surface area (Å²) in [4.78, 5) is 0. The summed E-state index contributed by atoms with van der Waals surface area (Å²) in [6, 6.07) is 8.17. The Balaban J connectivity index is 1.99. The number of hydrogen-bond acceptors (Lipinski definition) is 4. The Hall–Kier alpha value is -1.10. The standard InChI is InChI=1S/C15H24N2O2/c1-15(7-4-8-19-15)11-17-14(10-16)12-5-3-6-13(9-12)18-2/h3,5-6,9,14,17H,4,7-8,10-11,16H2,1-2H3. The van der Waals surface area contributed by atoms with Crippen LogP contribution in [0.5, 0.6) is 5.75 Å². The maximum Gasteiger partial charge on any atom is 0.119 e. The van der Waals surface area contributed by atoms with E-state index in [1.54, 1.807) is 7.11 Å². The molecule has 1 aromatic rings. The Labute approximate surface area is 115 Å². The summed E-state index contributed by atoms with van der Waals surface area (Å²) >= 11 is 0. The van der Waals surface area contributed by atoms with Crippen LogP contribution in [-0.2, 0) is 4.74 Å². The highest BCUT2D eigenvalue weighted by molar-refractivity contribution is 5.30. The van der Waals surface area contributed by atoms with E-state index in [0.29, 0.717) is 6.54 Å². The van der Waals surface area contributed by atoms with E-state index >= 15 is 0 Å². The van der Waals surface area contributed by atoms with E-state index in [2.05, 4.69) is 18.3 Å². The van der Waals surface area contributed by atoms with E-state index in [0.717, 1.165) is 37.3 Å². The van der Waals surface area contributed by atoms with Gasteiger partial charge in [0.15, 0.2) is 0 Å². The van der Waals surface area contributed by atoms with Crippen molar-refractivity contribution in [2.45, 2.75) is 31.4 Å². The zero-order valence-electron chi connectivity index (χ0n) is 11.8. The highest BCUT2D eigenvalue weighted by atomic mass is 16.5. The average molecular weight is 264 g/mol. The third-order valence-corrected chi connectivity index (χ3v) is 3.75. The second kappa shape index (κ2) is 6.37. The monoisotopic (exact) mass is 264 g/mol. The topological polar surface area (TPSA) is 56.5 Å². The zero-order valence-corrected chi connectivity index (χ0v) is 11.8. The number of ether oxygens (including phenoxy) is 2. The molecule has 2 unspecified atom stereocenters. The van der Waals surface area contributed by atoms with Gasteiger partial charge in [-0.25, -0.2) is 0 Å². The number of methoxy groups -OCH3 is 1. The Morgan fingerprint density at radius 2 is 2.37 bits per heavy atom. The first-order valence-electron chi connectivity index (χ1n) is 6.88. The van der Waals surface area contributed by atoms with Crippen LogP contribution in [0.1, 0.15) is 31.4 Å². The molecule has 19 heavy (non-hydrogen) atoms. The lowest BCUT2D eigenvalue weighted by Gasteiger charge is -2.27. The van der Waals surface area contributed by atoms with Crippen LogP contribution in [0.3, 0.4) is 0 Å². The second-order valence-electron chi connectivity index (χ2n) is 5.35. The van der Waals surface area contributed by atoms with Crippen molar-refractivity contribution in [3.63, 3.8) is 0 Å². The number of rotatable bonds is 6. The van der Waals surface area contributed by atoms with Gasteiger partial charge in [-0.15, -0.1) is 0 Å². The molecule has 0 aromatic heterocycles. The molecular weight excluding hydrogens is 240 g/mol. The fraction of sp³-hybridized carbons (Fsp3) is 0.600. The fourth-order valence-electron chi connectivity index (χ4n) is 2.51. The average Bonchev–Trinajstić information content (AvgIpc) is 2.87. The van der Waals surface area contributed by atoms with Gasteiger partial charge in [-0.2, -0.15) is 0 Å². The summed E-state index contributed by atoms with van der Waals surface area (Å²) in [5.41, 5.74) is 6.99. The van der Waals surface area contributed by atoms with Crippen LogP contribution in [0, 0.1) is 0 Å². The molecule has 2 rings (SSSR count). The minimum Gasteiger partial charge on any atom is -0.497 e. The van der Waals surface area contributed by atoms with Crippen molar-refractivity contribution in [1.82, 2.24) is 5.32 Å². The van der Waals surface area contributed by atoms with Gasteiger partial charge in [-0.3, -0.25) is 0 Å². The maximum atomic E-state index is 5.88. The molecule has 0 radical (unpaired) electrons. The van der Waals surface area contributed by atoms with Crippen LogP contribution in [0.4, 0.5) is 0 Å². The molecule has 3 N–H and O–H groups in total. The third kappa shape index (κ3) is 3.69. The highest BCUT2D eigenvalue weighted by Gasteiger charge is 2.30. The van der Waals surface area contributed by atoms with Gasteiger partial charge in [-0.1, -0.05) is 12.1 Å². The minimum atomic E-state index is -0.0493. The molecule has 0 spiro atoms. The summed E-state index contributed by atoms with van der Waals surface area (Å²) in [6.45, 7) is 4.41. The van der Waals surface area contributed by atoms with Crippen LogP contribution < -0.4 is 15.8 Å². The van der Waals surface area contributed by atoms with Crippen LogP contribution in [0.2, 0.25) is 0 Å². The number of hydrogen-bond donors (Lipinski definition) is 2. The van der Waals surface area contributed by atoms with Crippen LogP contribution in [-0.4, -0.2) is 32.4 Å². The molecule has 1 aliphatic rings. The smallest absolute Gasteiger partial charge is 0.119 e. The number of nitrogens with one attached hydrogen (secondary N) is 1. The lowest BCUT2D eigenvalue weighted by molar-refractivity contribution is 0.0189. The first-order chi connectivity index (χ1) is 9.17. The molecule has 4 nitrogen and oxygen atoms in total. The van der Waals surface area contributed by atoms with Gasteiger partial charge in [0, 0.05) is 25.7 Å². The number of benzene rings is 1. The first-order valence-corrected chi connectivity index (χ1v) is 6.88. The molecule has 1 aliphatic heterocycles. The zero-order chi connectivity index (χ0) is 13.7. The lowest BCUT2D eigenvalue weighted by atomic mass is 10.0. The van der Waals surface area contributed by atoms with Crippen LogP contribution in [0.15, 0.2) is 24.3 Å². The largest absolute Gasteiger partial charge is 0.497 e. The van der Waals surface area contributed by atoms with Gasteiger partial charge < -0.3 is 20.5 Å². The SMILES string of the molecule is COc1cccc(C(CN)NCC2(C)CCCO2)c1. The Kier molecular flexibility index (Phi) is 4.80. The molecule has 0 aliphatic carbocycles. The molecule has 106 valence electrons. The molecule has 0 saturated carbocycles. The summed E-state index contributed by atoms with van der Waals surface area (Å²) in [7, 11) is 1.68. The van der Waals surface area contributed by atoms with Crippen molar-refractivity contribution in [2.75, 3.05) is 26.8 Å². The van der Waals surface area contributed by atoms with Crippen molar-refractivity contribution in [1.29, 1.82) is 0 Å². The summed E-state index contributed by atoms with van der Waals surface area (Å²) < 4.78 is 11.0. The van der Waals surface area contributed by atoms with Crippen LogP contribution >= 0.6 is 0 Å². The Morgan fingerprint density at radius 3 is 3.00 bits per heavy atom. The van der Waals surface area contributed by atoms with Gasteiger partial charge in [-0.05, 0) is 37.5 Å². The minimum absolute atomic E-state index is 0.0493. The Morgan fingerprint density at radius 1 is 1.53 bits per heavy atom. The van der Waals surface area contributed by atoms with Crippen molar-refractivity contribution < 1.29 is 9.47 Å². The molecule has 1 saturated heterocycles. The van der Waals surface area contributed by atoms with E-state index in [1.807, 2.05) is 18.2 Å². The predicted octanol–water partition coefficient (Wildman–Crippen LogP) is 1.85. The van der Waals surface area contributed by atoms with Crippen molar-refractivity contribution >= 4 is 0 Å². The van der Waals surface area contributed by atoms with E-state index in [1.165, 1.54) is 0 Å². The molecule has 1 heterocycles. The molecule has 0 amide bonds. The molecule has 4 heteroatoms. The molecule has 1 fully saturated rings. The van der Waals surface area contributed by atoms with Gasteiger partial charge in [0.1, 0.15) is 5.75 Å². The van der Waals surface area contributed by atoms with E-state index in [-0.39, 0.29) is 11.6 Å². The van der Waals surface area contributed by atoms with Gasteiger partial charge in [0.05, 0.1) is 12.7 Å². The van der Waals surface area contributed by atoms with Gasteiger partial charge in [0.2, 0.25) is 0 Å². The third-order valence-electron chi connectivity index (χ3n) is 3.75. The molecule has 1 aromatic carbocycles. The summed E-state index contributed by atoms with van der Waals surface area (Å²) in [6.07, 6.45) is 2.25. The van der Waals surface area contributed by atoms with Crippen LogP contribution in [0.25, 0.3) is 0 Å². The number of nitrogens with two attached hydrogens (primary N) is 1. The van der Waals surface area contributed by atoms with Crippen molar-refractivity contribution in [3.8, 4) is 5.75 Å². The summed E-state index contributed by atoms with van der Waals surface area (Å²) in [5, 5.41) is 3.51. The van der Waals surface area contributed by atoms with Gasteiger partial charge >= 0.3 is 0 Å². The predicted molar refractivity (Wildman–Crippen MR) is 76.4 cm³/mol. The van der Waals surface area contributed by atoms with Gasteiger partial charge in [0.25, 0.3) is 0 Å². The van der Waals surface area contributed by atoms with Crippen molar-refractivity contribution in [3.05, 3.63) is 29.8 Å². The molecule has 0 bridgehead atoms. The quantitative estimate of drug-likeness (QED) is 0.823. The second-order valence-corrected chi connectivity index (χ2v) is 5.35. The summed E-state index contributed by atoms with van der Waals surface area (Å²) in [5.74, 6) is 0.862. The fourth-order valence-corrected chi connectivity index (χ4v) is 2.51. The molecule has 2 atom stereocenters. The normalized spacial score (nSPS) is 24.4. The molecular formula is C15H24N2O2. The Bertz CT molecular complexity index is 403. The first kappa shape index (κ1) is 14.3. The van der Waals surface area contributed by atoms with E-state index in [4.69, 9.17) is 15.2 Å². The highest BCUT2D eigenvalue weighted by Crippen LogP contribution is 2.25. The van der Waals surface area contributed by atoms with E-state index < -0.39 is 0 Å². The van der Waals surface area contributed by atoms with Crippen molar-refractivity contribution in [2.24, 2.45) is 5.73 Å².